The molecule has 0 bridgehead atoms. The Kier molecular flexibility index (Phi) is 5.48. The van der Waals surface area contributed by atoms with Crippen molar-refractivity contribution in [1.29, 1.82) is 0 Å². The Morgan fingerprint density at radius 2 is 2.04 bits per heavy atom. The summed E-state index contributed by atoms with van der Waals surface area (Å²) in [5.41, 5.74) is 2.02. The zero-order chi connectivity index (χ0) is 17.8. The van der Waals surface area contributed by atoms with E-state index in [0.717, 1.165) is 30.9 Å². The minimum Gasteiger partial charge on any atom is -0.347 e. The van der Waals surface area contributed by atoms with Crippen molar-refractivity contribution in [1.82, 2.24) is 19.8 Å². The lowest BCUT2D eigenvalue weighted by atomic mass is 10.0. The molecule has 0 aliphatic carbocycles. The number of nitrogens with zero attached hydrogens (tertiary/aromatic N) is 3. The highest BCUT2D eigenvalue weighted by Crippen LogP contribution is 2.22. The van der Waals surface area contributed by atoms with Gasteiger partial charge in [-0.3, -0.25) is 9.69 Å². The zero-order valence-electron chi connectivity index (χ0n) is 14.8. The molecule has 0 saturated carbocycles. The number of halogens is 1. The van der Waals surface area contributed by atoms with Crippen molar-refractivity contribution in [2.75, 3.05) is 13.1 Å². The molecule has 1 fully saturated rings. The fourth-order valence-corrected chi connectivity index (χ4v) is 3.36. The number of benzene rings is 1. The molecule has 3 rings (SSSR count). The van der Waals surface area contributed by atoms with Crippen LogP contribution >= 0.6 is 0 Å². The minimum absolute atomic E-state index is 0.128. The van der Waals surface area contributed by atoms with E-state index in [-0.39, 0.29) is 17.8 Å². The summed E-state index contributed by atoms with van der Waals surface area (Å²) >= 11 is 0. The zero-order valence-corrected chi connectivity index (χ0v) is 14.8. The highest BCUT2D eigenvalue weighted by molar-refractivity contribution is 5.77. The molecule has 6 heteroatoms. The second kappa shape index (κ2) is 7.78. The van der Waals surface area contributed by atoms with Gasteiger partial charge in [0.15, 0.2) is 0 Å². The normalized spacial score (nSPS) is 19.4. The van der Waals surface area contributed by atoms with Gasteiger partial charge in [0.1, 0.15) is 5.82 Å². The van der Waals surface area contributed by atoms with E-state index >= 15 is 0 Å². The highest BCUT2D eigenvalue weighted by Gasteiger charge is 2.31. The molecule has 2 aromatic rings. The first kappa shape index (κ1) is 17.6. The number of amides is 1. The average molecular weight is 344 g/mol. The molecular weight excluding hydrogens is 319 g/mol. The quantitative estimate of drug-likeness (QED) is 0.907. The van der Waals surface area contributed by atoms with Crippen molar-refractivity contribution in [3.8, 4) is 0 Å². The van der Waals surface area contributed by atoms with Gasteiger partial charge in [0, 0.05) is 50.5 Å². The Hall–Kier alpha value is -2.21. The molecule has 0 spiro atoms. The van der Waals surface area contributed by atoms with Crippen LogP contribution in [0.2, 0.25) is 0 Å². The van der Waals surface area contributed by atoms with E-state index in [1.807, 2.05) is 11.1 Å². The highest BCUT2D eigenvalue weighted by atomic mass is 19.1. The summed E-state index contributed by atoms with van der Waals surface area (Å²) in [5.74, 6) is 0.249. The molecule has 25 heavy (non-hydrogen) atoms. The summed E-state index contributed by atoms with van der Waals surface area (Å²) < 4.78 is 13.1. The fourth-order valence-electron chi connectivity index (χ4n) is 3.36. The predicted molar refractivity (Wildman–Crippen MR) is 94.1 cm³/mol. The molecule has 134 valence electrons. The molecule has 1 unspecified atom stereocenters. The van der Waals surface area contributed by atoms with Crippen molar-refractivity contribution in [3.63, 3.8) is 0 Å². The minimum atomic E-state index is -0.253. The third-order valence-electron chi connectivity index (χ3n) is 4.79. The van der Waals surface area contributed by atoms with Gasteiger partial charge in [0.05, 0.1) is 6.33 Å². The molecule has 1 atom stereocenters. The second-order valence-electron chi connectivity index (χ2n) is 7.02. The van der Waals surface area contributed by atoms with Crippen LogP contribution in [0, 0.1) is 11.7 Å². The number of nitrogens with one attached hydrogen (secondary N) is 1. The van der Waals surface area contributed by atoms with Crippen molar-refractivity contribution < 1.29 is 9.18 Å². The smallest absolute Gasteiger partial charge is 0.224 e. The number of hydrogen-bond donors (Lipinski definition) is 1. The summed E-state index contributed by atoms with van der Waals surface area (Å²) in [4.78, 5) is 24.2. The van der Waals surface area contributed by atoms with Crippen LogP contribution in [-0.4, -0.2) is 44.8 Å². The third kappa shape index (κ3) is 4.45. The van der Waals surface area contributed by atoms with Gasteiger partial charge in [-0.15, -0.1) is 0 Å². The van der Waals surface area contributed by atoms with E-state index in [0.29, 0.717) is 18.9 Å². The van der Waals surface area contributed by atoms with E-state index in [1.165, 1.54) is 12.1 Å². The topological polar surface area (TPSA) is 52.2 Å². The number of carbonyl (C=O) groups is 1. The van der Waals surface area contributed by atoms with Gasteiger partial charge >= 0.3 is 0 Å². The van der Waals surface area contributed by atoms with Crippen molar-refractivity contribution >= 4 is 5.91 Å². The number of aromatic nitrogens is 2. The van der Waals surface area contributed by atoms with Crippen molar-refractivity contribution in [3.05, 3.63) is 53.9 Å². The molecule has 5 nitrogen and oxygen atoms in total. The van der Waals surface area contributed by atoms with Gasteiger partial charge < -0.3 is 9.88 Å². The summed E-state index contributed by atoms with van der Waals surface area (Å²) in [6, 6.07) is 6.54. The molecule has 1 aliphatic rings. The Bertz CT molecular complexity index is 684. The van der Waals surface area contributed by atoms with Gasteiger partial charge in [-0.25, -0.2) is 9.37 Å². The first-order valence-electron chi connectivity index (χ1n) is 8.76. The molecule has 1 aromatic carbocycles. The van der Waals surface area contributed by atoms with E-state index < -0.39 is 0 Å². The van der Waals surface area contributed by atoms with Gasteiger partial charge in [0.25, 0.3) is 0 Å². The summed E-state index contributed by atoms with van der Waals surface area (Å²) in [6.45, 7) is 7.15. The first-order chi connectivity index (χ1) is 12.0. The molecule has 1 amide bonds. The Morgan fingerprint density at radius 3 is 2.68 bits per heavy atom. The Labute approximate surface area is 147 Å². The molecule has 0 radical (unpaired) electrons. The summed E-state index contributed by atoms with van der Waals surface area (Å²) in [7, 11) is 0. The van der Waals surface area contributed by atoms with Gasteiger partial charge in [-0.2, -0.15) is 0 Å². The van der Waals surface area contributed by atoms with Crippen LogP contribution in [-0.2, 0) is 17.9 Å². The molecule has 1 saturated heterocycles. The van der Waals surface area contributed by atoms with Crippen molar-refractivity contribution in [2.24, 2.45) is 5.92 Å². The van der Waals surface area contributed by atoms with Crippen molar-refractivity contribution in [2.45, 2.75) is 39.4 Å². The first-order valence-corrected chi connectivity index (χ1v) is 8.76. The van der Waals surface area contributed by atoms with Gasteiger partial charge in [-0.05, 0) is 23.6 Å². The number of carbonyl (C=O) groups excluding carboxylic acids is 1. The van der Waals surface area contributed by atoms with Crippen LogP contribution < -0.4 is 0 Å². The number of imidazole rings is 1. The van der Waals surface area contributed by atoms with E-state index in [9.17, 15) is 9.18 Å². The maximum absolute atomic E-state index is 13.1. The van der Waals surface area contributed by atoms with Crippen LogP contribution in [0.3, 0.4) is 0 Å². The van der Waals surface area contributed by atoms with Crippen LogP contribution in [0.1, 0.15) is 31.5 Å². The molecule has 1 aromatic heterocycles. The second-order valence-corrected chi connectivity index (χ2v) is 7.02. The Morgan fingerprint density at radius 1 is 1.28 bits per heavy atom. The summed E-state index contributed by atoms with van der Waals surface area (Å²) in [5, 5.41) is 0. The summed E-state index contributed by atoms with van der Waals surface area (Å²) in [6.07, 6.45) is 4.00. The average Bonchev–Trinajstić information content (AvgIpc) is 3.04. The van der Waals surface area contributed by atoms with Crippen LogP contribution in [0.4, 0.5) is 4.39 Å². The number of rotatable bonds is 5. The lowest BCUT2D eigenvalue weighted by Gasteiger charge is -2.34. The van der Waals surface area contributed by atoms with Gasteiger partial charge in [-0.1, -0.05) is 26.0 Å². The molecule has 2 heterocycles. The predicted octanol–water partition coefficient (Wildman–Crippen LogP) is 2.81. The monoisotopic (exact) mass is 344 g/mol. The van der Waals surface area contributed by atoms with Crippen LogP contribution in [0.25, 0.3) is 0 Å². The lowest BCUT2D eigenvalue weighted by molar-refractivity contribution is -0.134. The van der Waals surface area contributed by atoms with E-state index in [1.54, 1.807) is 18.5 Å². The Balaban J connectivity index is 1.76. The number of H-pyrrole nitrogens is 1. The maximum atomic E-state index is 13.1. The molecular formula is C19H25FN4O. The maximum Gasteiger partial charge on any atom is 0.224 e. The number of aromatic amines is 1. The van der Waals surface area contributed by atoms with Gasteiger partial charge in [0.2, 0.25) is 5.91 Å². The van der Waals surface area contributed by atoms with E-state index in [4.69, 9.17) is 0 Å². The largest absolute Gasteiger partial charge is 0.347 e. The van der Waals surface area contributed by atoms with Crippen LogP contribution in [0.5, 0.6) is 0 Å². The third-order valence-corrected chi connectivity index (χ3v) is 4.79. The van der Waals surface area contributed by atoms with Crippen LogP contribution in [0.15, 0.2) is 36.8 Å². The lowest BCUT2D eigenvalue weighted by Crippen LogP contribution is -2.45. The van der Waals surface area contributed by atoms with E-state index in [2.05, 4.69) is 28.7 Å². The fraction of sp³-hybridized carbons (Fsp3) is 0.474. The standard InChI is InChI=1S/C19H25FN4O/c1-14(2)18-12-23(11-17-9-21-13-22-17)8-7-19(25)24(18)10-15-3-5-16(20)6-4-15/h3-6,9,13-14,18H,7-8,10-12H2,1-2H3,(H,21,22). The number of hydrogen-bond acceptors (Lipinski definition) is 3. The SMILES string of the molecule is CC(C)C1CN(Cc2cnc[nH]2)CCC(=O)N1Cc1ccc(F)cc1. The molecule has 1 N–H and O–H groups in total. The molecule has 1 aliphatic heterocycles.